The minimum Gasteiger partial charge on any atom is -0.508 e. The lowest BCUT2D eigenvalue weighted by Gasteiger charge is -2.31. The van der Waals surface area contributed by atoms with E-state index in [4.69, 9.17) is 0 Å². The van der Waals surface area contributed by atoms with Crippen LogP contribution in [0, 0.1) is 5.92 Å². The predicted molar refractivity (Wildman–Crippen MR) is 156 cm³/mol. The van der Waals surface area contributed by atoms with Crippen molar-refractivity contribution in [1.29, 1.82) is 0 Å². The average Bonchev–Trinajstić information content (AvgIpc) is 3.43. The number of imide groups is 1. The van der Waals surface area contributed by atoms with Gasteiger partial charge in [-0.25, -0.2) is 4.90 Å². The first-order valence-corrected chi connectivity index (χ1v) is 15.0. The molecule has 3 atom stereocenters. The van der Waals surface area contributed by atoms with Crippen LogP contribution in [-0.4, -0.2) is 32.6 Å². The van der Waals surface area contributed by atoms with Gasteiger partial charge in [-0.1, -0.05) is 53.4 Å². The Bertz CT molecular complexity index is 1950. The van der Waals surface area contributed by atoms with Crippen LogP contribution in [0.15, 0.2) is 82.6 Å². The van der Waals surface area contributed by atoms with Crippen LogP contribution >= 0.6 is 23.1 Å². The van der Waals surface area contributed by atoms with Gasteiger partial charge < -0.3 is 10.4 Å². The van der Waals surface area contributed by atoms with E-state index in [0.717, 1.165) is 46.7 Å². The zero-order valence-corrected chi connectivity index (χ0v) is 24.6. The number of carbonyl (C=O) groups excluding carboxylic acids is 3. The predicted octanol–water partition coefficient (Wildman–Crippen LogP) is 6.09. The molecule has 0 radical (unpaired) electrons. The molecule has 1 saturated heterocycles. The normalized spacial score (nSPS) is 19.6. The van der Waals surface area contributed by atoms with Gasteiger partial charge in [0.1, 0.15) is 17.5 Å². The molecule has 0 aliphatic carbocycles. The molecule has 1 fully saturated rings. The van der Waals surface area contributed by atoms with Crippen molar-refractivity contribution in [2.45, 2.75) is 35.1 Å². The number of aromatic nitrogens is 1. The van der Waals surface area contributed by atoms with E-state index in [1.54, 1.807) is 6.07 Å². The minimum atomic E-state index is -4.75. The van der Waals surface area contributed by atoms with Crippen molar-refractivity contribution in [3.63, 3.8) is 0 Å². The number of para-hydroxylation sites is 1. The first-order chi connectivity index (χ1) is 21.6. The van der Waals surface area contributed by atoms with E-state index in [9.17, 15) is 50.6 Å². The summed E-state index contributed by atoms with van der Waals surface area (Å²) in [7, 11) is 0. The Morgan fingerprint density at radius 3 is 2.17 bits per heavy atom. The number of rotatable bonds is 5. The van der Waals surface area contributed by atoms with E-state index < -0.39 is 69.7 Å². The Hall–Kier alpha value is -4.57. The van der Waals surface area contributed by atoms with Crippen molar-refractivity contribution >= 4 is 52.2 Å². The number of fused-ring (bicyclic) bond motifs is 2. The fraction of sp³-hybridized carbons (Fsp3) is 0.200. The Morgan fingerprint density at radius 2 is 1.50 bits per heavy atom. The highest BCUT2D eigenvalue weighted by molar-refractivity contribution is 8.00. The maximum absolute atomic E-state index is 13.9. The van der Waals surface area contributed by atoms with Crippen LogP contribution in [0.4, 0.5) is 37.7 Å². The molecule has 2 aliphatic rings. The van der Waals surface area contributed by atoms with Crippen LogP contribution in [0.2, 0.25) is 0 Å². The molecule has 2 N–H and O–H groups in total. The van der Waals surface area contributed by atoms with Gasteiger partial charge in [-0.15, -0.1) is 0 Å². The first kappa shape index (κ1) is 31.4. The lowest BCUT2D eigenvalue weighted by molar-refractivity contribution is -0.138. The molecule has 3 unspecified atom stereocenters. The summed E-state index contributed by atoms with van der Waals surface area (Å²) in [6.07, 6.45) is -9.42. The average molecular weight is 680 g/mol. The van der Waals surface area contributed by atoms with E-state index >= 15 is 0 Å². The van der Waals surface area contributed by atoms with E-state index in [0.29, 0.717) is 22.3 Å². The number of halogens is 6. The summed E-state index contributed by atoms with van der Waals surface area (Å²) in [5.74, 6) is -5.15. The Balaban J connectivity index is 1.39. The third-order valence-electron chi connectivity index (χ3n) is 7.53. The number of aromatic hydroxyl groups is 1. The van der Waals surface area contributed by atoms with Crippen LogP contribution in [0.25, 0.3) is 0 Å². The van der Waals surface area contributed by atoms with Gasteiger partial charge in [-0.05, 0) is 42.5 Å². The standard InChI is InChI=1S/C30H19F6N3O5S2/c31-29(32,33)14-5-3-7-16(11-14)37-20(41)13-38-27-24(46-28(38)44)21(18-9-1-2-10-19(18)40)22-23(45-27)26(43)39(25(22)42)17-8-4-6-15(12-17)30(34,35)36/h1-12,21-23,40H,13H2,(H,37,41). The Morgan fingerprint density at radius 1 is 0.848 bits per heavy atom. The molecule has 2 aliphatic heterocycles. The minimum absolute atomic E-state index is 0.107. The van der Waals surface area contributed by atoms with Gasteiger partial charge in [0.2, 0.25) is 17.7 Å². The lowest BCUT2D eigenvalue weighted by Crippen LogP contribution is -2.33. The molecule has 3 amide bonds. The SMILES string of the molecule is O=C(Cn1c2c(sc1=O)C(c1ccccc1O)C1C(=O)N(c3cccc(C(F)(F)F)c3)C(=O)C1S2)Nc1cccc(C(F)(F)F)c1. The number of anilines is 2. The third kappa shape index (κ3) is 5.55. The van der Waals surface area contributed by atoms with Gasteiger partial charge in [0.25, 0.3) is 0 Å². The van der Waals surface area contributed by atoms with Crippen LogP contribution in [0.5, 0.6) is 5.75 Å². The topological polar surface area (TPSA) is 109 Å². The zero-order valence-electron chi connectivity index (χ0n) is 22.9. The molecule has 238 valence electrons. The highest BCUT2D eigenvalue weighted by Gasteiger charge is 2.57. The zero-order chi connectivity index (χ0) is 33.1. The molecule has 6 rings (SSSR count). The maximum Gasteiger partial charge on any atom is 0.416 e. The molecule has 46 heavy (non-hydrogen) atoms. The molecular formula is C30H19F6N3O5S2. The van der Waals surface area contributed by atoms with E-state index in [1.165, 1.54) is 30.3 Å². The monoisotopic (exact) mass is 679 g/mol. The van der Waals surface area contributed by atoms with Crippen LogP contribution in [0.1, 0.15) is 27.5 Å². The van der Waals surface area contributed by atoms with Gasteiger partial charge in [0.15, 0.2) is 0 Å². The summed E-state index contributed by atoms with van der Waals surface area (Å²) in [4.78, 5) is 54.1. The Kier molecular flexibility index (Phi) is 7.75. The van der Waals surface area contributed by atoms with Crippen molar-refractivity contribution < 1.29 is 45.8 Å². The second-order valence-corrected chi connectivity index (χ2v) is 12.5. The van der Waals surface area contributed by atoms with E-state index in [2.05, 4.69) is 5.32 Å². The number of hydrogen-bond donors (Lipinski definition) is 2. The van der Waals surface area contributed by atoms with Crippen molar-refractivity contribution in [3.05, 3.63) is 104 Å². The largest absolute Gasteiger partial charge is 0.508 e. The number of thiazole rings is 1. The molecule has 3 heterocycles. The van der Waals surface area contributed by atoms with Gasteiger partial charge in [-0.2, -0.15) is 26.3 Å². The molecule has 16 heteroatoms. The number of hydrogen-bond acceptors (Lipinski definition) is 7. The summed E-state index contributed by atoms with van der Waals surface area (Å²) in [5.41, 5.74) is -2.39. The van der Waals surface area contributed by atoms with Crippen LogP contribution in [0.3, 0.4) is 0 Å². The van der Waals surface area contributed by atoms with Crippen LogP contribution in [-0.2, 0) is 33.3 Å². The van der Waals surface area contributed by atoms with Gasteiger partial charge >= 0.3 is 17.2 Å². The maximum atomic E-state index is 13.9. The number of nitrogens with zero attached hydrogens (tertiary/aromatic N) is 2. The highest BCUT2D eigenvalue weighted by Crippen LogP contribution is 2.55. The second-order valence-electron chi connectivity index (χ2n) is 10.4. The molecule has 4 aromatic rings. The second kappa shape index (κ2) is 11.3. The van der Waals surface area contributed by atoms with Crippen molar-refractivity contribution in [2.24, 2.45) is 5.92 Å². The number of phenolic OH excluding ortho intramolecular Hbond substituents is 1. The van der Waals surface area contributed by atoms with Crippen molar-refractivity contribution in [2.75, 3.05) is 10.2 Å². The quantitative estimate of drug-likeness (QED) is 0.195. The van der Waals surface area contributed by atoms with Crippen molar-refractivity contribution in [3.8, 4) is 5.75 Å². The summed E-state index contributed by atoms with van der Waals surface area (Å²) in [6, 6.07) is 13.5. The van der Waals surface area contributed by atoms with E-state index in [1.807, 2.05) is 0 Å². The van der Waals surface area contributed by atoms with E-state index in [-0.39, 0.29) is 32.6 Å². The molecule has 0 spiro atoms. The lowest BCUT2D eigenvalue weighted by atomic mass is 9.82. The summed E-state index contributed by atoms with van der Waals surface area (Å²) in [6.45, 7) is -0.668. The smallest absolute Gasteiger partial charge is 0.416 e. The third-order valence-corrected chi connectivity index (χ3v) is 10.1. The Labute approximate surface area is 263 Å². The molecule has 8 nitrogen and oxygen atoms in total. The highest BCUT2D eigenvalue weighted by atomic mass is 32.2. The fourth-order valence-corrected chi connectivity index (χ4v) is 8.30. The van der Waals surface area contributed by atoms with Gasteiger partial charge in [0.05, 0.1) is 27.8 Å². The molecule has 0 bridgehead atoms. The number of amides is 3. The molecule has 3 aromatic carbocycles. The summed E-state index contributed by atoms with van der Waals surface area (Å²) >= 11 is 1.44. The number of nitrogens with one attached hydrogen (secondary N) is 1. The first-order valence-electron chi connectivity index (χ1n) is 13.4. The summed E-state index contributed by atoms with van der Waals surface area (Å²) in [5, 5.41) is 11.9. The number of alkyl halides is 6. The number of carbonyl (C=O) groups is 3. The number of thioether (sulfide) groups is 1. The molecule has 0 saturated carbocycles. The number of benzene rings is 3. The molecule has 1 aromatic heterocycles. The van der Waals surface area contributed by atoms with Crippen molar-refractivity contribution in [1.82, 2.24) is 4.57 Å². The van der Waals surface area contributed by atoms with Gasteiger partial charge in [-0.3, -0.25) is 23.7 Å². The van der Waals surface area contributed by atoms with Crippen LogP contribution < -0.4 is 15.1 Å². The number of phenols is 1. The summed E-state index contributed by atoms with van der Waals surface area (Å²) < 4.78 is 80.9. The molecular weight excluding hydrogens is 660 g/mol. The van der Waals surface area contributed by atoms with Gasteiger partial charge in [0, 0.05) is 22.0 Å². The fourth-order valence-electron chi connectivity index (χ4n) is 5.53.